The highest BCUT2D eigenvalue weighted by molar-refractivity contribution is 6.31. The first-order chi connectivity index (χ1) is 8.24. The van der Waals surface area contributed by atoms with Gasteiger partial charge in [0, 0.05) is 31.4 Å². The Hall–Kier alpha value is -1.26. The number of amides is 1. The standard InChI is InChI=1S/C13H19ClN2O2/c1-13(2,18)8-16(4)12(17)10-7-9(14)5-6-11(10)15-3/h5-7,15,18H,8H2,1-4H3. The van der Waals surface area contributed by atoms with Crippen molar-refractivity contribution in [3.63, 3.8) is 0 Å². The van der Waals surface area contributed by atoms with Crippen LogP contribution in [0, 0.1) is 0 Å². The molecule has 5 heteroatoms. The van der Waals surface area contributed by atoms with E-state index in [9.17, 15) is 9.90 Å². The van der Waals surface area contributed by atoms with Crippen molar-refractivity contribution in [2.24, 2.45) is 0 Å². The third kappa shape index (κ3) is 3.89. The molecule has 0 bridgehead atoms. The van der Waals surface area contributed by atoms with Crippen LogP contribution < -0.4 is 5.32 Å². The largest absolute Gasteiger partial charge is 0.389 e. The minimum Gasteiger partial charge on any atom is -0.389 e. The summed E-state index contributed by atoms with van der Waals surface area (Å²) in [5.41, 5.74) is 0.284. The highest BCUT2D eigenvalue weighted by atomic mass is 35.5. The first-order valence-electron chi connectivity index (χ1n) is 5.70. The molecule has 0 aliphatic heterocycles. The molecule has 0 spiro atoms. The molecular weight excluding hydrogens is 252 g/mol. The van der Waals surface area contributed by atoms with Crippen LogP contribution >= 0.6 is 11.6 Å². The van der Waals surface area contributed by atoms with Gasteiger partial charge in [-0.25, -0.2) is 0 Å². The van der Waals surface area contributed by atoms with Gasteiger partial charge in [0.25, 0.3) is 5.91 Å². The number of halogens is 1. The average Bonchev–Trinajstić information content (AvgIpc) is 2.25. The molecule has 2 N–H and O–H groups in total. The number of nitrogens with zero attached hydrogens (tertiary/aromatic N) is 1. The number of carbonyl (C=O) groups excluding carboxylic acids is 1. The predicted molar refractivity (Wildman–Crippen MR) is 74.3 cm³/mol. The lowest BCUT2D eigenvalue weighted by Crippen LogP contribution is -2.39. The molecule has 0 unspecified atom stereocenters. The fraction of sp³-hybridized carbons (Fsp3) is 0.462. The number of rotatable bonds is 4. The molecule has 1 aromatic rings. The van der Waals surface area contributed by atoms with Crippen molar-refractivity contribution in [1.29, 1.82) is 0 Å². The third-order valence-corrected chi connectivity index (χ3v) is 2.69. The number of aliphatic hydroxyl groups is 1. The zero-order valence-corrected chi connectivity index (χ0v) is 11.9. The fourth-order valence-corrected chi connectivity index (χ4v) is 1.94. The number of benzene rings is 1. The smallest absolute Gasteiger partial charge is 0.255 e. The Morgan fingerprint density at radius 2 is 2.11 bits per heavy atom. The van der Waals surface area contributed by atoms with Crippen LogP contribution in [0.25, 0.3) is 0 Å². The van der Waals surface area contributed by atoms with Gasteiger partial charge in [0.15, 0.2) is 0 Å². The summed E-state index contributed by atoms with van der Waals surface area (Å²) in [5.74, 6) is -0.177. The molecule has 0 fully saturated rings. The average molecular weight is 271 g/mol. The molecule has 0 heterocycles. The molecule has 0 atom stereocenters. The van der Waals surface area contributed by atoms with Crippen molar-refractivity contribution < 1.29 is 9.90 Å². The summed E-state index contributed by atoms with van der Waals surface area (Å²) in [4.78, 5) is 13.7. The van der Waals surface area contributed by atoms with Gasteiger partial charge in [0.2, 0.25) is 0 Å². The minimum absolute atomic E-state index is 0.177. The molecule has 0 radical (unpaired) electrons. The Morgan fingerprint density at radius 3 is 2.61 bits per heavy atom. The first-order valence-corrected chi connectivity index (χ1v) is 6.07. The Kier molecular flexibility index (Phi) is 4.59. The van der Waals surface area contributed by atoms with Gasteiger partial charge in [0.1, 0.15) is 0 Å². The van der Waals surface area contributed by atoms with Crippen LogP contribution in [0.2, 0.25) is 5.02 Å². The van der Waals surface area contributed by atoms with Gasteiger partial charge in [-0.15, -0.1) is 0 Å². The lowest BCUT2D eigenvalue weighted by atomic mass is 10.1. The summed E-state index contributed by atoms with van der Waals surface area (Å²) in [6, 6.07) is 5.10. The van der Waals surface area contributed by atoms with E-state index in [1.165, 1.54) is 4.90 Å². The maximum atomic E-state index is 12.3. The van der Waals surface area contributed by atoms with Crippen molar-refractivity contribution >= 4 is 23.2 Å². The van der Waals surface area contributed by atoms with Crippen LogP contribution in [0.15, 0.2) is 18.2 Å². The second-order valence-electron chi connectivity index (χ2n) is 4.91. The summed E-state index contributed by atoms with van der Waals surface area (Å²) < 4.78 is 0. The van der Waals surface area contributed by atoms with Gasteiger partial charge in [-0.05, 0) is 32.0 Å². The van der Waals surface area contributed by atoms with Crippen LogP contribution in [0.5, 0.6) is 0 Å². The van der Waals surface area contributed by atoms with Gasteiger partial charge >= 0.3 is 0 Å². The van der Waals surface area contributed by atoms with E-state index >= 15 is 0 Å². The highest BCUT2D eigenvalue weighted by Gasteiger charge is 2.22. The topological polar surface area (TPSA) is 52.6 Å². The molecule has 0 saturated carbocycles. The predicted octanol–water partition coefficient (Wildman–Crippen LogP) is 2.22. The van der Waals surface area contributed by atoms with Crippen LogP contribution in [-0.2, 0) is 0 Å². The Morgan fingerprint density at radius 1 is 1.50 bits per heavy atom. The molecule has 0 aromatic heterocycles. The molecule has 100 valence electrons. The van der Waals surface area contributed by atoms with Gasteiger partial charge in [0.05, 0.1) is 11.2 Å². The van der Waals surface area contributed by atoms with Gasteiger partial charge in [-0.1, -0.05) is 11.6 Å². The summed E-state index contributed by atoms with van der Waals surface area (Å²) in [6.45, 7) is 3.57. The van der Waals surface area contributed by atoms with Crippen LogP contribution in [0.1, 0.15) is 24.2 Å². The second kappa shape index (κ2) is 5.59. The van der Waals surface area contributed by atoms with Gasteiger partial charge in [-0.3, -0.25) is 4.79 Å². The first kappa shape index (κ1) is 14.8. The van der Waals surface area contributed by atoms with E-state index in [0.29, 0.717) is 16.3 Å². The number of carbonyl (C=O) groups is 1. The summed E-state index contributed by atoms with van der Waals surface area (Å²) in [7, 11) is 3.40. The summed E-state index contributed by atoms with van der Waals surface area (Å²) >= 11 is 5.91. The molecule has 0 aliphatic carbocycles. The number of anilines is 1. The summed E-state index contributed by atoms with van der Waals surface area (Å²) in [5, 5.41) is 13.2. The van der Waals surface area contributed by atoms with E-state index in [4.69, 9.17) is 11.6 Å². The van der Waals surface area contributed by atoms with Crippen molar-refractivity contribution in [3.05, 3.63) is 28.8 Å². The Bertz CT molecular complexity index is 441. The molecule has 1 rings (SSSR count). The maximum Gasteiger partial charge on any atom is 0.255 e. The van der Waals surface area contributed by atoms with Crippen molar-refractivity contribution in [1.82, 2.24) is 4.90 Å². The van der Waals surface area contributed by atoms with Crippen molar-refractivity contribution in [2.75, 3.05) is 26.0 Å². The molecule has 1 amide bonds. The lowest BCUT2D eigenvalue weighted by molar-refractivity contribution is 0.0368. The normalized spacial score (nSPS) is 11.2. The highest BCUT2D eigenvalue weighted by Crippen LogP contribution is 2.22. The van der Waals surface area contributed by atoms with Crippen LogP contribution in [-0.4, -0.2) is 42.2 Å². The zero-order valence-electron chi connectivity index (χ0n) is 11.1. The van der Waals surface area contributed by atoms with Crippen molar-refractivity contribution in [2.45, 2.75) is 19.4 Å². The fourth-order valence-electron chi connectivity index (χ4n) is 1.77. The van der Waals surface area contributed by atoms with Crippen molar-refractivity contribution in [3.8, 4) is 0 Å². The molecule has 0 aliphatic rings. The minimum atomic E-state index is -0.928. The quantitative estimate of drug-likeness (QED) is 0.882. The number of hydrogen-bond acceptors (Lipinski definition) is 3. The van der Waals surface area contributed by atoms with E-state index in [0.717, 1.165) is 0 Å². The number of nitrogens with one attached hydrogen (secondary N) is 1. The molecule has 18 heavy (non-hydrogen) atoms. The third-order valence-electron chi connectivity index (χ3n) is 2.45. The van der Waals surface area contributed by atoms with Crippen LogP contribution in [0.4, 0.5) is 5.69 Å². The zero-order chi connectivity index (χ0) is 13.9. The van der Waals surface area contributed by atoms with E-state index in [-0.39, 0.29) is 12.5 Å². The van der Waals surface area contributed by atoms with E-state index < -0.39 is 5.60 Å². The Balaban J connectivity index is 2.99. The monoisotopic (exact) mass is 270 g/mol. The maximum absolute atomic E-state index is 12.3. The summed E-state index contributed by atoms with van der Waals surface area (Å²) in [6.07, 6.45) is 0. The molecular formula is C13H19ClN2O2. The molecule has 1 aromatic carbocycles. The lowest BCUT2D eigenvalue weighted by Gasteiger charge is -2.26. The van der Waals surface area contributed by atoms with E-state index in [1.807, 2.05) is 0 Å². The molecule has 4 nitrogen and oxygen atoms in total. The second-order valence-corrected chi connectivity index (χ2v) is 5.35. The van der Waals surface area contributed by atoms with E-state index in [1.54, 1.807) is 46.1 Å². The Labute approximate surface area is 113 Å². The number of hydrogen-bond donors (Lipinski definition) is 2. The van der Waals surface area contributed by atoms with Gasteiger partial charge < -0.3 is 15.3 Å². The number of likely N-dealkylation sites (N-methyl/N-ethyl adjacent to an activating group) is 1. The van der Waals surface area contributed by atoms with E-state index in [2.05, 4.69) is 5.32 Å². The van der Waals surface area contributed by atoms with Crippen LogP contribution in [0.3, 0.4) is 0 Å². The van der Waals surface area contributed by atoms with Gasteiger partial charge in [-0.2, -0.15) is 0 Å². The molecule has 0 saturated heterocycles. The SMILES string of the molecule is CNc1ccc(Cl)cc1C(=O)N(C)CC(C)(C)O.